The van der Waals surface area contributed by atoms with Gasteiger partial charge in [-0.25, -0.2) is 12.1 Å². The third kappa shape index (κ3) is 16.3. The van der Waals surface area contributed by atoms with E-state index in [0.717, 1.165) is 0 Å². The Morgan fingerprint density at radius 3 is 0.857 bits per heavy atom. The van der Waals surface area contributed by atoms with Gasteiger partial charge in [0.15, 0.2) is 0 Å². The Balaban J connectivity index is 0.000000562. The molecule has 0 atom stereocenters. The van der Waals surface area contributed by atoms with Crippen molar-refractivity contribution < 1.29 is 53.2 Å². The number of hydrogen-bond donors (Lipinski definition) is 0. The minimum absolute atomic E-state index is 0. The maximum atomic E-state index is 5.28. The summed E-state index contributed by atoms with van der Waals surface area (Å²) in [5.41, 5.74) is 0. The van der Waals surface area contributed by atoms with Crippen molar-refractivity contribution >= 4 is 0 Å². The molecule has 1 aromatic rings. The molecule has 0 radical (unpaired) electrons. The average Bonchev–Trinajstić information content (AvgIpc) is 3.03. The first kappa shape index (κ1) is 21.1. The summed E-state index contributed by atoms with van der Waals surface area (Å²) in [6.45, 7) is 6.11. The van der Waals surface area contributed by atoms with Gasteiger partial charge < -0.3 is 23.7 Å². The predicted octanol–water partition coefficient (Wildman–Crippen LogP) is -1.51. The van der Waals surface area contributed by atoms with Crippen LogP contribution in [0.25, 0.3) is 0 Å². The van der Waals surface area contributed by atoms with Gasteiger partial charge in [-0.15, -0.1) is 0 Å². The molecule has 1 aliphatic heterocycles. The molecular weight excluding hydrogens is 283 g/mol. The summed E-state index contributed by atoms with van der Waals surface area (Å²) < 4.78 is 26.4. The Morgan fingerprint density at radius 1 is 0.476 bits per heavy atom. The van der Waals surface area contributed by atoms with Crippen LogP contribution in [0.4, 0.5) is 0 Å². The molecule has 0 aromatic heterocycles. The van der Waals surface area contributed by atoms with E-state index in [1.54, 1.807) is 0 Å². The first-order chi connectivity index (χ1) is 10.0. The Labute approximate surface area is 149 Å². The van der Waals surface area contributed by atoms with Crippen LogP contribution in [0.3, 0.4) is 0 Å². The van der Waals surface area contributed by atoms with Gasteiger partial charge in [0, 0.05) is 0 Å². The average molecular weight is 308 g/mol. The van der Waals surface area contributed by atoms with Gasteiger partial charge in [-0.3, -0.25) is 0 Å². The fourth-order valence-corrected chi connectivity index (χ4v) is 1.42. The summed E-state index contributed by atoms with van der Waals surface area (Å²) in [6, 6.07) is 10.0. The molecule has 116 valence electrons. The largest absolute Gasteiger partial charge is 1.00 e. The summed E-state index contributed by atoms with van der Waals surface area (Å²) in [4.78, 5) is 0. The minimum Gasteiger partial charge on any atom is -0.377 e. The Morgan fingerprint density at radius 2 is 0.714 bits per heavy atom. The number of rotatable bonds is 0. The van der Waals surface area contributed by atoms with Crippen LogP contribution in [-0.2, 0) is 23.7 Å². The van der Waals surface area contributed by atoms with Crippen LogP contribution in [0.15, 0.2) is 30.3 Å². The van der Waals surface area contributed by atoms with E-state index in [1.807, 2.05) is 30.3 Å². The molecule has 21 heavy (non-hydrogen) atoms. The maximum Gasteiger partial charge on any atom is 1.00 e. The summed E-state index contributed by atoms with van der Waals surface area (Å²) in [5.74, 6) is 0. The molecule has 5 nitrogen and oxygen atoms in total. The third-order valence-corrected chi connectivity index (χ3v) is 2.42. The zero-order chi connectivity index (χ0) is 14.1. The van der Waals surface area contributed by atoms with Crippen LogP contribution in [0.5, 0.6) is 0 Å². The topological polar surface area (TPSA) is 46.2 Å². The Bertz CT molecular complexity index is 193. The van der Waals surface area contributed by atoms with E-state index >= 15 is 0 Å². The van der Waals surface area contributed by atoms with Crippen LogP contribution in [0.1, 0.15) is 0 Å². The van der Waals surface area contributed by atoms with E-state index in [1.165, 1.54) is 0 Å². The third-order valence-electron chi connectivity index (χ3n) is 2.42. The summed E-state index contributed by atoms with van der Waals surface area (Å²) in [7, 11) is 0. The van der Waals surface area contributed by atoms with Crippen molar-refractivity contribution in [1.29, 1.82) is 0 Å². The van der Waals surface area contributed by atoms with Crippen LogP contribution in [0.2, 0.25) is 0 Å². The zero-order valence-corrected chi connectivity index (χ0v) is 15.0. The number of ether oxygens (including phenoxy) is 5. The summed E-state index contributed by atoms with van der Waals surface area (Å²) in [5, 5.41) is 0. The van der Waals surface area contributed by atoms with Gasteiger partial charge in [-0.1, -0.05) is 0 Å². The second kappa shape index (κ2) is 18.2. The summed E-state index contributed by atoms with van der Waals surface area (Å²) in [6.07, 6.45) is 0. The van der Waals surface area contributed by atoms with Crippen LogP contribution in [0, 0.1) is 0 Å². The normalized spacial score (nSPS) is 19.0. The van der Waals surface area contributed by atoms with Gasteiger partial charge >= 0.3 is 29.6 Å². The molecule has 1 saturated heterocycles. The molecular formula is C15H25NaO5. The fourth-order valence-electron chi connectivity index (χ4n) is 1.42. The standard InChI is InChI=1S/C10H20O5.C5H5.Na/c1-2-12-5-6-14-9-10-15-8-7-13-4-3-11-1;1-2-4-5-3-1;/h1-10H2;1-5H;/q;-1;+1. The van der Waals surface area contributed by atoms with E-state index in [0.29, 0.717) is 66.1 Å². The molecule has 1 heterocycles. The molecule has 0 N–H and O–H groups in total. The van der Waals surface area contributed by atoms with Crippen molar-refractivity contribution in [1.82, 2.24) is 0 Å². The van der Waals surface area contributed by atoms with E-state index in [4.69, 9.17) is 23.7 Å². The van der Waals surface area contributed by atoms with Gasteiger partial charge in [0.25, 0.3) is 0 Å². The van der Waals surface area contributed by atoms with Crippen LogP contribution >= 0.6 is 0 Å². The molecule has 0 aliphatic carbocycles. The second-order valence-corrected chi connectivity index (χ2v) is 4.02. The monoisotopic (exact) mass is 308 g/mol. The quantitative estimate of drug-likeness (QED) is 0.431. The summed E-state index contributed by atoms with van der Waals surface area (Å²) >= 11 is 0. The second-order valence-electron chi connectivity index (χ2n) is 4.02. The van der Waals surface area contributed by atoms with Crippen molar-refractivity contribution in [2.45, 2.75) is 0 Å². The fraction of sp³-hybridized carbons (Fsp3) is 0.667. The first-order valence-corrected chi connectivity index (χ1v) is 7.05. The maximum absolute atomic E-state index is 5.28. The van der Waals surface area contributed by atoms with E-state index < -0.39 is 0 Å². The van der Waals surface area contributed by atoms with E-state index in [2.05, 4.69) is 0 Å². The first-order valence-electron chi connectivity index (χ1n) is 7.05. The van der Waals surface area contributed by atoms with Gasteiger partial charge in [0.05, 0.1) is 66.1 Å². The van der Waals surface area contributed by atoms with Gasteiger partial charge in [-0.2, -0.15) is 18.2 Å². The van der Waals surface area contributed by atoms with E-state index in [-0.39, 0.29) is 29.6 Å². The van der Waals surface area contributed by atoms with E-state index in [9.17, 15) is 0 Å². The molecule has 0 spiro atoms. The Kier molecular flexibility index (Phi) is 18.3. The van der Waals surface area contributed by atoms with Crippen molar-refractivity contribution in [3.63, 3.8) is 0 Å². The SMILES string of the molecule is C1COCCOCCOCCOCCO1.[Na+].c1cc[cH-]c1. The molecule has 2 rings (SSSR count). The molecule has 6 heteroatoms. The van der Waals surface area contributed by atoms with Crippen molar-refractivity contribution in [2.75, 3.05) is 66.1 Å². The van der Waals surface area contributed by atoms with Crippen molar-refractivity contribution in [3.8, 4) is 0 Å². The molecule has 1 fully saturated rings. The predicted molar refractivity (Wildman–Crippen MR) is 76.1 cm³/mol. The van der Waals surface area contributed by atoms with Gasteiger partial charge in [-0.05, 0) is 0 Å². The molecule has 0 saturated carbocycles. The molecule has 1 aromatic carbocycles. The molecule has 0 amide bonds. The molecule has 0 unspecified atom stereocenters. The smallest absolute Gasteiger partial charge is 0.377 e. The van der Waals surface area contributed by atoms with Gasteiger partial charge in [0.1, 0.15) is 0 Å². The van der Waals surface area contributed by atoms with Crippen molar-refractivity contribution in [2.24, 2.45) is 0 Å². The van der Waals surface area contributed by atoms with Crippen molar-refractivity contribution in [3.05, 3.63) is 30.3 Å². The molecule has 0 bridgehead atoms. The van der Waals surface area contributed by atoms with Crippen LogP contribution < -0.4 is 29.6 Å². The Hall–Kier alpha value is 0.150. The number of hydrogen-bond acceptors (Lipinski definition) is 5. The minimum atomic E-state index is 0. The van der Waals surface area contributed by atoms with Gasteiger partial charge in [0.2, 0.25) is 0 Å². The zero-order valence-electron chi connectivity index (χ0n) is 13.0. The van der Waals surface area contributed by atoms with Crippen LogP contribution in [-0.4, -0.2) is 66.1 Å². The molecule has 1 aliphatic rings.